The molecule has 0 radical (unpaired) electrons. The second-order valence-corrected chi connectivity index (χ2v) is 10.3. The Labute approximate surface area is 228 Å². The van der Waals surface area contributed by atoms with Gasteiger partial charge in [-0.25, -0.2) is 9.13 Å². The van der Waals surface area contributed by atoms with Gasteiger partial charge >= 0.3 is 0 Å². The van der Waals surface area contributed by atoms with Gasteiger partial charge in [-0.15, -0.1) is 0 Å². The van der Waals surface area contributed by atoms with Crippen LogP contribution in [0.2, 0.25) is 30.1 Å². The summed E-state index contributed by atoms with van der Waals surface area (Å²) in [5.41, 5.74) is 2.64. The first-order valence-corrected chi connectivity index (χ1v) is 12.5. The zero-order chi connectivity index (χ0) is 24.2. The summed E-state index contributed by atoms with van der Waals surface area (Å²) >= 11 is 37.3. The summed E-state index contributed by atoms with van der Waals surface area (Å²) in [6.07, 6.45) is 5.58. The van der Waals surface area contributed by atoms with Crippen LogP contribution in [0, 0.1) is 0 Å². The average molecular weight is 576 g/mol. The van der Waals surface area contributed by atoms with Crippen LogP contribution in [0.1, 0.15) is 22.8 Å². The van der Waals surface area contributed by atoms with E-state index < -0.39 is 0 Å². The number of ether oxygens (including phenoxy) is 1. The van der Waals surface area contributed by atoms with Crippen LogP contribution in [-0.2, 0) is 24.4 Å². The predicted octanol–water partition coefficient (Wildman–Crippen LogP) is 8.70. The highest BCUT2D eigenvalue weighted by Crippen LogP contribution is 2.31. The van der Waals surface area contributed by atoms with E-state index in [-0.39, 0.29) is 6.10 Å². The third-order valence-corrected chi connectivity index (χ3v) is 6.99. The second-order valence-electron chi connectivity index (χ2n) is 7.72. The SMILES string of the molecule is Clc1ccc(COC(Cn2cc[n+](Cc3ccc(Cl)cc3Cl)c2)c2ccc(Cl)cc2Cl)c(Cl)c1. The number of imidazole rings is 1. The van der Waals surface area contributed by atoms with Gasteiger partial charge in [0.25, 0.3) is 0 Å². The van der Waals surface area contributed by atoms with Gasteiger partial charge in [0.1, 0.15) is 31.6 Å². The van der Waals surface area contributed by atoms with Crippen LogP contribution in [0.3, 0.4) is 0 Å². The Morgan fingerprint density at radius 3 is 1.94 bits per heavy atom. The lowest BCUT2D eigenvalue weighted by Gasteiger charge is -2.19. The summed E-state index contributed by atoms with van der Waals surface area (Å²) in [5.74, 6) is 0. The lowest BCUT2D eigenvalue weighted by Crippen LogP contribution is -2.32. The van der Waals surface area contributed by atoms with E-state index in [0.717, 1.165) is 16.7 Å². The molecule has 34 heavy (non-hydrogen) atoms. The van der Waals surface area contributed by atoms with Crippen molar-refractivity contribution in [1.29, 1.82) is 0 Å². The first-order chi connectivity index (χ1) is 16.3. The summed E-state index contributed by atoms with van der Waals surface area (Å²) < 4.78 is 10.4. The number of hydrogen-bond acceptors (Lipinski definition) is 1. The molecule has 9 heteroatoms. The van der Waals surface area contributed by atoms with E-state index in [1.54, 1.807) is 30.3 Å². The molecule has 4 rings (SSSR count). The minimum absolute atomic E-state index is 0.293. The molecule has 1 aromatic heterocycles. The van der Waals surface area contributed by atoms with E-state index in [2.05, 4.69) is 0 Å². The molecule has 0 saturated heterocycles. The Hall–Kier alpha value is -1.43. The van der Waals surface area contributed by atoms with E-state index in [1.807, 2.05) is 52.1 Å². The van der Waals surface area contributed by atoms with E-state index in [0.29, 0.717) is 49.8 Å². The first kappa shape index (κ1) is 25.7. The molecule has 0 fully saturated rings. The molecule has 1 heterocycles. The number of aromatic nitrogens is 2. The predicted molar refractivity (Wildman–Crippen MR) is 141 cm³/mol. The number of halogens is 6. The van der Waals surface area contributed by atoms with Crippen LogP contribution in [0.4, 0.5) is 0 Å². The lowest BCUT2D eigenvalue weighted by molar-refractivity contribution is -0.687. The fraction of sp³-hybridized carbons (Fsp3) is 0.160. The third-order valence-electron chi connectivity index (χ3n) is 5.26. The molecule has 0 saturated carbocycles. The Kier molecular flexibility index (Phi) is 8.71. The van der Waals surface area contributed by atoms with Crippen molar-refractivity contribution in [3.8, 4) is 0 Å². The van der Waals surface area contributed by atoms with Crippen LogP contribution < -0.4 is 4.57 Å². The Balaban J connectivity index is 1.54. The number of hydrogen-bond donors (Lipinski definition) is 0. The number of rotatable bonds is 8. The Morgan fingerprint density at radius 1 is 0.735 bits per heavy atom. The maximum Gasteiger partial charge on any atom is 0.244 e. The molecule has 0 spiro atoms. The summed E-state index contributed by atoms with van der Waals surface area (Å²) in [4.78, 5) is 0. The molecule has 0 amide bonds. The standard InChI is InChI=1S/C25H19Cl6N2O/c26-18-3-1-16(22(29)9-18)12-32-7-8-33(15-32)13-25(21-6-5-20(28)11-24(21)31)34-14-17-2-4-19(27)10-23(17)30/h1-11,15,25H,12-14H2/q+1. The van der Waals surface area contributed by atoms with Gasteiger partial charge in [0.2, 0.25) is 6.33 Å². The third kappa shape index (κ3) is 6.61. The normalized spacial score (nSPS) is 12.2. The van der Waals surface area contributed by atoms with Gasteiger partial charge in [0.15, 0.2) is 0 Å². The molecule has 3 nitrogen and oxygen atoms in total. The zero-order valence-corrected chi connectivity index (χ0v) is 22.2. The van der Waals surface area contributed by atoms with Gasteiger partial charge in [-0.2, -0.15) is 0 Å². The van der Waals surface area contributed by atoms with Crippen LogP contribution >= 0.6 is 69.6 Å². The van der Waals surface area contributed by atoms with Crippen LogP contribution in [-0.4, -0.2) is 4.57 Å². The van der Waals surface area contributed by atoms with Crippen molar-refractivity contribution in [1.82, 2.24) is 4.57 Å². The van der Waals surface area contributed by atoms with Gasteiger partial charge in [-0.3, -0.25) is 0 Å². The minimum Gasteiger partial charge on any atom is -0.365 e. The fourth-order valence-corrected chi connectivity index (χ4v) is 4.97. The molecule has 1 unspecified atom stereocenters. The molecule has 0 aliphatic carbocycles. The first-order valence-electron chi connectivity index (χ1n) is 10.3. The summed E-state index contributed by atoms with van der Waals surface area (Å²) in [5, 5.41) is 3.45. The number of benzene rings is 3. The smallest absolute Gasteiger partial charge is 0.244 e. The second kappa shape index (κ2) is 11.5. The Morgan fingerprint density at radius 2 is 1.32 bits per heavy atom. The van der Waals surface area contributed by atoms with Gasteiger partial charge in [0, 0.05) is 41.3 Å². The molecule has 4 aromatic rings. The van der Waals surface area contributed by atoms with Crippen molar-refractivity contribution in [2.75, 3.05) is 0 Å². The summed E-state index contributed by atoms with van der Waals surface area (Å²) in [6.45, 7) is 1.42. The highest BCUT2D eigenvalue weighted by Gasteiger charge is 2.21. The van der Waals surface area contributed by atoms with Crippen molar-refractivity contribution in [3.63, 3.8) is 0 Å². The van der Waals surface area contributed by atoms with Gasteiger partial charge < -0.3 is 4.74 Å². The summed E-state index contributed by atoms with van der Waals surface area (Å²) in [7, 11) is 0. The fourth-order valence-electron chi connectivity index (χ4n) is 3.51. The zero-order valence-electron chi connectivity index (χ0n) is 17.7. The lowest BCUT2D eigenvalue weighted by atomic mass is 10.1. The molecule has 0 N–H and O–H groups in total. The number of nitrogens with zero attached hydrogens (tertiary/aromatic N) is 2. The van der Waals surface area contributed by atoms with Crippen molar-refractivity contribution in [2.24, 2.45) is 0 Å². The van der Waals surface area contributed by atoms with Gasteiger partial charge in [-0.05, 0) is 42.0 Å². The molecule has 0 aliphatic rings. The van der Waals surface area contributed by atoms with E-state index >= 15 is 0 Å². The van der Waals surface area contributed by atoms with E-state index in [9.17, 15) is 0 Å². The van der Waals surface area contributed by atoms with Gasteiger partial charge in [-0.1, -0.05) is 87.8 Å². The molecular weight excluding hydrogens is 557 g/mol. The maximum absolute atomic E-state index is 6.52. The monoisotopic (exact) mass is 573 g/mol. The molecule has 0 bridgehead atoms. The van der Waals surface area contributed by atoms with Gasteiger partial charge in [0.05, 0.1) is 6.61 Å². The quantitative estimate of drug-likeness (QED) is 0.192. The van der Waals surface area contributed by atoms with Crippen molar-refractivity contribution >= 4 is 69.6 Å². The molecular formula is C25H19Cl6N2O+. The van der Waals surface area contributed by atoms with Crippen LogP contribution in [0.15, 0.2) is 73.3 Å². The van der Waals surface area contributed by atoms with E-state index in [1.165, 1.54) is 0 Å². The highest BCUT2D eigenvalue weighted by molar-refractivity contribution is 6.36. The molecule has 3 aromatic carbocycles. The summed E-state index contributed by atoms with van der Waals surface area (Å²) in [6, 6.07) is 16.2. The largest absolute Gasteiger partial charge is 0.365 e. The molecule has 1 atom stereocenters. The van der Waals surface area contributed by atoms with Crippen molar-refractivity contribution in [3.05, 3.63) is 120 Å². The highest BCUT2D eigenvalue weighted by atomic mass is 35.5. The minimum atomic E-state index is -0.350. The average Bonchev–Trinajstić information content (AvgIpc) is 3.21. The van der Waals surface area contributed by atoms with Crippen molar-refractivity contribution < 1.29 is 9.30 Å². The van der Waals surface area contributed by atoms with Crippen LogP contribution in [0.25, 0.3) is 0 Å². The Bertz CT molecular complexity index is 1310. The topological polar surface area (TPSA) is 18.0 Å². The van der Waals surface area contributed by atoms with E-state index in [4.69, 9.17) is 74.3 Å². The van der Waals surface area contributed by atoms with Crippen molar-refractivity contribution in [2.45, 2.75) is 25.8 Å². The molecule has 176 valence electrons. The van der Waals surface area contributed by atoms with Crippen LogP contribution in [0.5, 0.6) is 0 Å². The maximum atomic E-state index is 6.52. The molecule has 0 aliphatic heterocycles.